The number of thiazole rings is 1. The van der Waals surface area contributed by atoms with Crippen LogP contribution in [0.25, 0.3) is 11.4 Å². The van der Waals surface area contributed by atoms with Crippen LogP contribution in [0.15, 0.2) is 54.0 Å². The first kappa shape index (κ1) is 20.7. The lowest BCUT2D eigenvalue weighted by Crippen LogP contribution is -2.44. The van der Waals surface area contributed by atoms with Crippen LogP contribution in [0, 0.1) is 12.8 Å². The van der Waals surface area contributed by atoms with E-state index in [1.807, 2.05) is 62.5 Å². The SMILES string of the molecule is Cc1ccccc1C(=O)NC(CC(C)C)C(=O)Nc1nc(-c2ccccn2)cs1. The van der Waals surface area contributed by atoms with Gasteiger partial charge in [0, 0.05) is 17.1 Å². The van der Waals surface area contributed by atoms with Crippen LogP contribution in [-0.4, -0.2) is 27.8 Å². The molecule has 0 bridgehead atoms. The minimum atomic E-state index is -0.649. The van der Waals surface area contributed by atoms with Gasteiger partial charge in [-0.05, 0) is 43.0 Å². The molecule has 7 heteroatoms. The van der Waals surface area contributed by atoms with Crippen molar-refractivity contribution < 1.29 is 9.59 Å². The van der Waals surface area contributed by atoms with Crippen LogP contribution < -0.4 is 10.6 Å². The highest BCUT2D eigenvalue weighted by Gasteiger charge is 2.24. The molecule has 2 amide bonds. The molecule has 0 aliphatic carbocycles. The number of nitrogens with one attached hydrogen (secondary N) is 2. The monoisotopic (exact) mass is 408 g/mol. The molecule has 2 aromatic heterocycles. The van der Waals surface area contributed by atoms with E-state index in [4.69, 9.17) is 0 Å². The molecule has 1 aromatic carbocycles. The van der Waals surface area contributed by atoms with Crippen LogP contribution in [0.5, 0.6) is 0 Å². The molecule has 6 nitrogen and oxygen atoms in total. The van der Waals surface area contributed by atoms with E-state index >= 15 is 0 Å². The van der Waals surface area contributed by atoms with Gasteiger partial charge in [-0.2, -0.15) is 0 Å². The molecular formula is C22H24N4O2S. The number of carbonyl (C=O) groups excluding carboxylic acids is 2. The summed E-state index contributed by atoms with van der Waals surface area (Å²) in [4.78, 5) is 34.3. The number of hydrogen-bond acceptors (Lipinski definition) is 5. The molecule has 150 valence electrons. The number of carbonyl (C=O) groups is 2. The number of hydrogen-bond donors (Lipinski definition) is 2. The summed E-state index contributed by atoms with van der Waals surface area (Å²) in [6.45, 7) is 5.91. The van der Waals surface area contributed by atoms with Crippen molar-refractivity contribution >= 4 is 28.3 Å². The Balaban J connectivity index is 1.72. The highest BCUT2D eigenvalue weighted by Crippen LogP contribution is 2.23. The van der Waals surface area contributed by atoms with E-state index in [1.54, 1.807) is 12.3 Å². The Morgan fingerprint density at radius 2 is 1.83 bits per heavy atom. The van der Waals surface area contributed by atoms with Crippen molar-refractivity contribution in [1.82, 2.24) is 15.3 Å². The Kier molecular flexibility index (Phi) is 6.72. The van der Waals surface area contributed by atoms with Crippen molar-refractivity contribution in [3.8, 4) is 11.4 Å². The quantitative estimate of drug-likeness (QED) is 0.611. The van der Waals surface area contributed by atoms with E-state index < -0.39 is 6.04 Å². The fraction of sp³-hybridized carbons (Fsp3) is 0.273. The van der Waals surface area contributed by atoms with Crippen molar-refractivity contribution in [2.75, 3.05) is 5.32 Å². The third kappa shape index (κ3) is 5.48. The number of amides is 2. The number of benzene rings is 1. The lowest BCUT2D eigenvalue weighted by Gasteiger charge is -2.20. The van der Waals surface area contributed by atoms with Crippen LogP contribution >= 0.6 is 11.3 Å². The summed E-state index contributed by atoms with van der Waals surface area (Å²) in [6, 6.07) is 12.3. The predicted octanol–water partition coefficient (Wildman–Crippen LogP) is 4.30. The molecule has 0 aliphatic rings. The van der Waals surface area contributed by atoms with Crippen molar-refractivity contribution in [2.24, 2.45) is 5.92 Å². The summed E-state index contributed by atoms with van der Waals surface area (Å²) in [5, 5.41) is 8.04. The van der Waals surface area contributed by atoms with Crippen molar-refractivity contribution in [1.29, 1.82) is 0 Å². The normalized spacial score (nSPS) is 11.9. The van der Waals surface area contributed by atoms with Crippen molar-refractivity contribution in [2.45, 2.75) is 33.2 Å². The van der Waals surface area contributed by atoms with E-state index in [-0.39, 0.29) is 17.7 Å². The van der Waals surface area contributed by atoms with Gasteiger partial charge in [-0.3, -0.25) is 14.6 Å². The van der Waals surface area contributed by atoms with E-state index in [9.17, 15) is 9.59 Å². The first-order valence-electron chi connectivity index (χ1n) is 9.48. The van der Waals surface area contributed by atoms with Crippen LogP contribution in [-0.2, 0) is 4.79 Å². The molecule has 0 fully saturated rings. The maximum atomic E-state index is 12.9. The third-order valence-electron chi connectivity index (χ3n) is 4.38. The van der Waals surface area contributed by atoms with Gasteiger partial charge in [0.25, 0.3) is 5.91 Å². The fourth-order valence-corrected chi connectivity index (χ4v) is 3.63. The second kappa shape index (κ2) is 9.43. The average Bonchev–Trinajstić information content (AvgIpc) is 3.16. The molecule has 1 unspecified atom stereocenters. The molecule has 1 atom stereocenters. The Morgan fingerprint density at radius 1 is 1.07 bits per heavy atom. The summed E-state index contributed by atoms with van der Waals surface area (Å²) >= 11 is 1.33. The largest absolute Gasteiger partial charge is 0.340 e. The predicted molar refractivity (Wildman–Crippen MR) is 116 cm³/mol. The lowest BCUT2D eigenvalue weighted by molar-refractivity contribution is -0.118. The summed E-state index contributed by atoms with van der Waals surface area (Å²) in [7, 11) is 0. The van der Waals surface area contributed by atoms with Crippen molar-refractivity contribution in [3.05, 3.63) is 65.2 Å². The van der Waals surface area contributed by atoms with Gasteiger partial charge in [0.1, 0.15) is 11.7 Å². The molecule has 3 rings (SSSR count). The maximum Gasteiger partial charge on any atom is 0.252 e. The fourth-order valence-electron chi connectivity index (χ4n) is 2.92. The standard InChI is InChI=1S/C22H24N4O2S/c1-14(2)12-18(24-20(27)16-9-5-4-8-15(16)3)21(28)26-22-25-19(13-29-22)17-10-6-7-11-23-17/h4-11,13-14,18H,12H2,1-3H3,(H,24,27)(H,25,26,28). The summed E-state index contributed by atoms with van der Waals surface area (Å²) in [5.41, 5.74) is 2.89. The van der Waals surface area contributed by atoms with Gasteiger partial charge >= 0.3 is 0 Å². The van der Waals surface area contributed by atoms with Crippen LogP contribution in [0.4, 0.5) is 5.13 Å². The second-order valence-electron chi connectivity index (χ2n) is 7.21. The van der Waals surface area contributed by atoms with Gasteiger partial charge in [0.2, 0.25) is 5.91 Å². The van der Waals surface area contributed by atoms with E-state index in [0.717, 1.165) is 11.3 Å². The molecule has 0 radical (unpaired) electrons. The molecule has 3 aromatic rings. The molecule has 0 saturated heterocycles. The molecule has 2 heterocycles. The van der Waals surface area contributed by atoms with Gasteiger partial charge in [-0.1, -0.05) is 38.1 Å². The topological polar surface area (TPSA) is 84.0 Å². The number of nitrogens with zero attached hydrogens (tertiary/aromatic N) is 2. The molecule has 2 N–H and O–H groups in total. The first-order valence-corrected chi connectivity index (χ1v) is 10.4. The zero-order chi connectivity index (χ0) is 20.8. The second-order valence-corrected chi connectivity index (χ2v) is 8.07. The lowest BCUT2D eigenvalue weighted by atomic mass is 10.0. The zero-order valence-corrected chi connectivity index (χ0v) is 17.5. The number of anilines is 1. The van der Waals surface area contributed by atoms with Gasteiger partial charge in [-0.25, -0.2) is 4.98 Å². The Bertz CT molecular complexity index is 985. The molecule has 0 spiro atoms. The number of aryl methyl sites for hydroxylation is 1. The van der Waals surface area contributed by atoms with E-state index in [2.05, 4.69) is 20.6 Å². The summed E-state index contributed by atoms with van der Waals surface area (Å²) in [6.07, 6.45) is 2.23. The Hall–Kier alpha value is -3.06. The number of aromatic nitrogens is 2. The smallest absolute Gasteiger partial charge is 0.252 e. The molecular weight excluding hydrogens is 384 g/mol. The first-order chi connectivity index (χ1) is 13.9. The number of pyridine rings is 1. The van der Waals surface area contributed by atoms with Gasteiger partial charge in [0.05, 0.1) is 5.69 Å². The Morgan fingerprint density at radius 3 is 2.52 bits per heavy atom. The minimum Gasteiger partial charge on any atom is -0.340 e. The highest BCUT2D eigenvalue weighted by atomic mass is 32.1. The third-order valence-corrected chi connectivity index (χ3v) is 5.14. The van der Waals surface area contributed by atoms with Crippen LogP contribution in [0.2, 0.25) is 0 Å². The van der Waals surface area contributed by atoms with Gasteiger partial charge < -0.3 is 10.6 Å². The Labute approximate surface area is 174 Å². The van der Waals surface area contributed by atoms with Gasteiger partial charge in [0.15, 0.2) is 5.13 Å². The average molecular weight is 409 g/mol. The van der Waals surface area contributed by atoms with Gasteiger partial charge in [-0.15, -0.1) is 11.3 Å². The molecule has 0 aliphatic heterocycles. The number of rotatable bonds is 7. The molecule has 29 heavy (non-hydrogen) atoms. The minimum absolute atomic E-state index is 0.239. The molecule has 0 saturated carbocycles. The zero-order valence-electron chi connectivity index (χ0n) is 16.7. The van der Waals surface area contributed by atoms with Crippen LogP contribution in [0.3, 0.4) is 0 Å². The van der Waals surface area contributed by atoms with Crippen LogP contribution in [0.1, 0.15) is 36.2 Å². The summed E-state index contributed by atoms with van der Waals surface area (Å²) in [5.74, 6) is -0.289. The van der Waals surface area contributed by atoms with E-state index in [1.165, 1.54) is 11.3 Å². The highest BCUT2D eigenvalue weighted by molar-refractivity contribution is 7.14. The summed E-state index contributed by atoms with van der Waals surface area (Å²) < 4.78 is 0. The van der Waals surface area contributed by atoms with Crippen molar-refractivity contribution in [3.63, 3.8) is 0 Å². The van der Waals surface area contributed by atoms with E-state index in [0.29, 0.717) is 22.8 Å². The maximum absolute atomic E-state index is 12.9.